The second-order valence-electron chi connectivity index (χ2n) is 3.24. The first-order valence-electron chi connectivity index (χ1n) is 6.84. The molecule has 130 valence electrons. The number of carbonyl (C=O) groups excluding carboxylic acids is 1. The Morgan fingerprint density at radius 2 is 1.55 bits per heavy atom. The maximum absolute atomic E-state index is 9.87. The molecule has 3 nitrogen and oxygen atoms in total. The van der Waals surface area contributed by atoms with Crippen molar-refractivity contribution in [2.24, 2.45) is 5.73 Å². The van der Waals surface area contributed by atoms with Crippen LogP contribution in [0.5, 0.6) is 0 Å². The molecule has 0 bridgehead atoms. The van der Waals surface area contributed by atoms with Crippen molar-refractivity contribution in [3.05, 3.63) is 29.8 Å². The van der Waals surface area contributed by atoms with Gasteiger partial charge in [-0.25, -0.2) is 4.79 Å². The van der Waals surface area contributed by atoms with Crippen LogP contribution in [0.2, 0.25) is 0 Å². The minimum Gasteiger partial charge on any atom is -0.445 e. The summed E-state index contributed by atoms with van der Waals surface area (Å²) in [6.45, 7) is 9.77. The van der Waals surface area contributed by atoms with E-state index in [1.165, 1.54) is 10.5 Å². The van der Waals surface area contributed by atoms with Crippen LogP contribution in [-0.2, 0) is 4.74 Å². The Labute approximate surface area is 153 Å². The van der Waals surface area contributed by atoms with E-state index in [1.807, 2.05) is 27.7 Å². The van der Waals surface area contributed by atoms with Gasteiger partial charge in [0.05, 0.1) is 0 Å². The largest absolute Gasteiger partial charge is 0.445 e. The van der Waals surface area contributed by atoms with E-state index >= 15 is 0 Å². The lowest BCUT2D eigenvalue weighted by Crippen LogP contribution is -2.21. The van der Waals surface area contributed by atoms with E-state index in [2.05, 4.69) is 47.9 Å². The van der Waals surface area contributed by atoms with Crippen LogP contribution in [0.25, 0.3) is 0 Å². The second-order valence-corrected chi connectivity index (χ2v) is 6.64. The van der Waals surface area contributed by atoms with Crippen molar-refractivity contribution >= 4 is 52.7 Å². The van der Waals surface area contributed by atoms with Gasteiger partial charge in [0.25, 0.3) is 0 Å². The van der Waals surface area contributed by atoms with Gasteiger partial charge in [-0.1, -0.05) is 80.2 Å². The first kappa shape index (κ1) is 26.6. The van der Waals surface area contributed by atoms with Crippen molar-refractivity contribution in [1.29, 1.82) is 0 Å². The zero-order valence-corrected chi connectivity index (χ0v) is 17.0. The summed E-state index contributed by atoms with van der Waals surface area (Å²) >= 11 is 17.3. The maximum Gasteiger partial charge on any atom is 0.404 e. The first-order chi connectivity index (χ1) is 10.2. The number of halogens is 3. The lowest BCUT2D eigenvalue weighted by Gasteiger charge is -2.08. The van der Waals surface area contributed by atoms with Gasteiger partial charge in [0, 0.05) is 4.90 Å². The van der Waals surface area contributed by atoms with E-state index in [9.17, 15) is 4.79 Å². The molecule has 0 radical (unpaired) electrons. The fourth-order valence-electron chi connectivity index (χ4n) is 0.827. The second kappa shape index (κ2) is 17.1. The molecule has 22 heavy (non-hydrogen) atoms. The number of hydrogen-bond acceptors (Lipinski definition) is 3. The Morgan fingerprint density at radius 1 is 1.14 bits per heavy atom. The standard InChI is InChI=1S/C8H10S.C3H4Cl3NO2.2C2H6/c1-7-3-5-8(9-2)6-4-7;4-3(5,6)1-9-2(7)8;2*1-2/h3-6H,1-2H3;1H2,(H2,7,8);2*1-2H3. The summed E-state index contributed by atoms with van der Waals surface area (Å²) < 4.78 is 2.57. The zero-order chi connectivity index (χ0) is 18.2. The molecule has 7 heteroatoms. The van der Waals surface area contributed by atoms with Crippen LogP contribution in [0.15, 0.2) is 29.2 Å². The number of hydrogen-bond donors (Lipinski definition) is 1. The quantitative estimate of drug-likeness (QED) is 0.481. The van der Waals surface area contributed by atoms with Crippen molar-refractivity contribution in [2.75, 3.05) is 12.9 Å². The van der Waals surface area contributed by atoms with E-state index in [1.54, 1.807) is 11.8 Å². The number of nitrogens with two attached hydrogens (primary N) is 1. The van der Waals surface area contributed by atoms with Crippen molar-refractivity contribution in [3.63, 3.8) is 0 Å². The van der Waals surface area contributed by atoms with Crippen molar-refractivity contribution in [2.45, 2.75) is 43.3 Å². The predicted octanol–water partition coefficient (Wildman–Crippen LogP) is 6.22. The van der Waals surface area contributed by atoms with E-state index < -0.39 is 9.89 Å². The molecule has 1 aromatic rings. The number of benzene rings is 1. The monoisotopic (exact) mass is 389 g/mol. The van der Waals surface area contributed by atoms with Gasteiger partial charge in [-0.2, -0.15) is 0 Å². The SMILES string of the molecule is CC.CC.CSc1ccc(C)cc1.NC(=O)OCC(Cl)(Cl)Cl. The number of aryl methyl sites for hydroxylation is 1. The highest BCUT2D eigenvalue weighted by atomic mass is 35.6. The molecule has 0 aliphatic rings. The Morgan fingerprint density at radius 3 is 1.77 bits per heavy atom. The Kier molecular flexibility index (Phi) is 20.6. The molecule has 0 heterocycles. The molecule has 1 amide bonds. The van der Waals surface area contributed by atoms with Crippen molar-refractivity contribution in [3.8, 4) is 0 Å². The Bertz CT molecular complexity index is 368. The Balaban J connectivity index is -0.000000267. The minimum absolute atomic E-state index is 0.326. The predicted molar refractivity (Wildman–Crippen MR) is 101 cm³/mol. The van der Waals surface area contributed by atoms with E-state index in [4.69, 9.17) is 34.8 Å². The molecule has 0 fully saturated rings. The van der Waals surface area contributed by atoms with Gasteiger partial charge in [-0.15, -0.1) is 11.8 Å². The molecule has 0 aliphatic heterocycles. The summed E-state index contributed by atoms with van der Waals surface area (Å²) in [6, 6.07) is 8.54. The van der Waals surface area contributed by atoms with Crippen LogP contribution in [0.4, 0.5) is 4.79 Å². The summed E-state index contributed by atoms with van der Waals surface area (Å²) in [7, 11) is 0. The highest BCUT2D eigenvalue weighted by Gasteiger charge is 2.21. The average Bonchev–Trinajstić information content (AvgIpc) is 2.50. The number of thioether (sulfide) groups is 1. The van der Waals surface area contributed by atoms with Gasteiger partial charge in [0.15, 0.2) is 0 Å². The molecule has 0 atom stereocenters. The number of amides is 1. The van der Waals surface area contributed by atoms with Crippen LogP contribution in [-0.4, -0.2) is 22.7 Å². The lowest BCUT2D eigenvalue weighted by atomic mass is 10.2. The third-order valence-corrected chi connectivity index (χ3v) is 2.71. The van der Waals surface area contributed by atoms with Crippen LogP contribution < -0.4 is 5.73 Å². The summed E-state index contributed by atoms with van der Waals surface area (Å²) in [6.07, 6.45) is 1.13. The number of rotatable bonds is 2. The van der Waals surface area contributed by atoms with Crippen LogP contribution >= 0.6 is 46.6 Å². The lowest BCUT2D eigenvalue weighted by molar-refractivity contribution is 0.159. The number of ether oxygens (including phenoxy) is 1. The third kappa shape index (κ3) is 22.0. The van der Waals surface area contributed by atoms with Crippen LogP contribution in [0.1, 0.15) is 33.3 Å². The highest BCUT2D eigenvalue weighted by Crippen LogP contribution is 2.25. The molecule has 1 aromatic carbocycles. The van der Waals surface area contributed by atoms with Crippen LogP contribution in [0, 0.1) is 6.92 Å². The van der Waals surface area contributed by atoms with E-state index in [0.717, 1.165) is 0 Å². The number of primary amides is 1. The molecule has 0 aliphatic carbocycles. The highest BCUT2D eigenvalue weighted by molar-refractivity contribution is 7.98. The molecule has 0 saturated heterocycles. The van der Waals surface area contributed by atoms with Gasteiger partial charge < -0.3 is 10.5 Å². The normalized spacial score (nSPS) is 8.95. The summed E-state index contributed by atoms with van der Waals surface area (Å²) in [5.41, 5.74) is 5.89. The first-order valence-corrected chi connectivity index (χ1v) is 9.20. The maximum atomic E-state index is 9.87. The topological polar surface area (TPSA) is 52.3 Å². The molecule has 2 N–H and O–H groups in total. The van der Waals surface area contributed by atoms with E-state index in [0.29, 0.717) is 0 Å². The van der Waals surface area contributed by atoms with Gasteiger partial charge in [-0.3, -0.25) is 0 Å². The van der Waals surface area contributed by atoms with Gasteiger partial charge in [0.2, 0.25) is 3.79 Å². The molecule has 0 saturated carbocycles. The number of alkyl halides is 3. The fraction of sp³-hybridized carbons (Fsp3) is 0.533. The van der Waals surface area contributed by atoms with Crippen molar-refractivity contribution in [1.82, 2.24) is 0 Å². The van der Waals surface area contributed by atoms with Gasteiger partial charge in [-0.05, 0) is 25.3 Å². The summed E-state index contributed by atoms with van der Waals surface area (Å²) in [5.74, 6) is 0. The Hall–Kier alpha value is -0.290. The summed E-state index contributed by atoms with van der Waals surface area (Å²) in [4.78, 5) is 11.2. The third-order valence-electron chi connectivity index (χ3n) is 1.63. The fourth-order valence-corrected chi connectivity index (χ4v) is 1.40. The molecule has 0 spiro atoms. The summed E-state index contributed by atoms with van der Waals surface area (Å²) in [5, 5.41) is 0. The number of carbonyl (C=O) groups is 1. The molecule has 0 aromatic heterocycles. The average molecular weight is 391 g/mol. The molecular formula is C15H26Cl3NO2S. The zero-order valence-electron chi connectivity index (χ0n) is 14.0. The smallest absolute Gasteiger partial charge is 0.404 e. The molecule has 1 rings (SSSR count). The van der Waals surface area contributed by atoms with Crippen LogP contribution in [0.3, 0.4) is 0 Å². The van der Waals surface area contributed by atoms with Gasteiger partial charge >= 0.3 is 6.09 Å². The van der Waals surface area contributed by atoms with E-state index in [-0.39, 0.29) is 6.61 Å². The van der Waals surface area contributed by atoms with Crippen molar-refractivity contribution < 1.29 is 9.53 Å². The molecular weight excluding hydrogens is 365 g/mol. The molecule has 0 unspecified atom stereocenters. The minimum atomic E-state index is -1.57. The van der Waals surface area contributed by atoms with Gasteiger partial charge in [0.1, 0.15) is 6.61 Å².